The first-order chi connectivity index (χ1) is 10.2. The van der Waals surface area contributed by atoms with E-state index in [-0.39, 0.29) is 0 Å². The lowest BCUT2D eigenvalue weighted by Crippen LogP contribution is -2.04. The fourth-order valence-electron chi connectivity index (χ4n) is 2.39. The minimum Gasteiger partial charge on any atom is -0.494 e. The Morgan fingerprint density at radius 1 is 0.952 bits per heavy atom. The highest BCUT2D eigenvalue weighted by atomic mass is 16.5. The van der Waals surface area contributed by atoms with Crippen LogP contribution in [-0.2, 0) is 0 Å². The number of benzene rings is 2. The standard InChI is InChI=1S/C19H24O2/c1-3-13-21-18-11-9-17(10-12-18)19(20)14-15(2)16-7-5-4-6-8-16/h4-12,15,19-20H,3,13-14H2,1-2H3. The quantitative estimate of drug-likeness (QED) is 0.798. The average molecular weight is 284 g/mol. The van der Waals surface area contributed by atoms with Crippen LogP contribution in [0.25, 0.3) is 0 Å². The third-order valence-corrected chi connectivity index (χ3v) is 3.68. The molecule has 0 aliphatic carbocycles. The fraction of sp³-hybridized carbons (Fsp3) is 0.368. The van der Waals surface area contributed by atoms with E-state index in [9.17, 15) is 5.11 Å². The van der Waals surface area contributed by atoms with Gasteiger partial charge in [0, 0.05) is 0 Å². The molecule has 0 radical (unpaired) electrons. The Bertz CT molecular complexity index is 519. The second-order valence-electron chi connectivity index (χ2n) is 5.48. The molecule has 2 heteroatoms. The summed E-state index contributed by atoms with van der Waals surface area (Å²) in [5.74, 6) is 1.20. The van der Waals surface area contributed by atoms with Crippen LogP contribution < -0.4 is 4.74 Å². The minimum absolute atomic E-state index is 0.331. The lowest BCUT2D eigenvalue weighted by Gasteiger charge is -2.17. The van der Waals surface area contributed by atoms with Gasteiger partial charge >= 0.3 is 0 Å². The molecule has 0 heterocycles. The van der Waals surface area contributed by atoms with Gasteiger partial charge in [-0.1, -0.05) is 56.3 Å². The van der Waals surface area contributed by atoms with Crippen LogP contribution >= 0.6 is 0 Å². The van der Waals surface area contributed by atoms with E-state index < -0.39 is 6.10 Å². The Morgan fingerprint density at radius 3 is 2.24 bits per heavy atom. The summed E-state index contributed by atoms with van der Waals surface area (Å²) in [7, 11) is 0. The molecule has 0 aliphatic rings. The van der Waals surface area contributed by atoms with Gasteiger partial charge in [-0.25, -0.2) is 0 Å². The zero-order valence-electron chi connectivity index (χ0n) is 12.8. The summed E-state index contributed by atoms with van der Waals surface area (Å²) in [6.45, 7) is 4.97. The second kappa shape index (κ2) is 7.84. The summed E-state index contributed by atoms with van der Waals surface area (Å²) < 4.78 is 5.56. The number of hydrogen-bond donors (Lipinski definition) is 1. The Kier molecular flexibility index (Phi) is 5.82. The monoisotopic (exact) mass is 284 g/mol. The Morgan fingerprint density at radius 2 is 1.62 bits per heavy atom. The van der Waals surface area contributed by atoms with Gasteiger partial charge in [-0.3, -0.25) is 0 Å². The molecule has 2 unspecified atom stereocenters. The first-order valence-electron chi connectivity index (χ1n) is 7.66. The van der Waals surface area contributed by atoms with Crippen molar-refractivity contribution >= 4 is 0 Å². The van der Waals surface area contributed by atoms with Gasteiger partial charge in [-0.2, -0.15) is 0 Å². The summed E-state index contributed by atoms with van der Waals surface area (Å²) >= 11 is 0. The van der Waals surface area contributed by atoms with E-state index in [1.54, 1.807) is 0 Å². The third-order valence-electron chi connectivity index (χ3n) is 3.68. The summed E-state index contributed by atoms with van der Waals surface area (Å²) in [6.07, 6.45) is 1.28. The molecule has 2 nitrogen and oxygen atoms in total. The molecule has 1 N–H and O–H groups in total. The van der Waals surface area contributed by atoms with Gasteiger partial charge in [0.25, 0.3) is 0 Å². The highest BCUT2D eigenvalue weighted by molar-refractivity contribution is 5.29. The molecule has 0 spiro atoms. The molecule has 2 aromatic rings. The van der Waals surface area contributed by atoms with Crippen LogP contribution in [0.4, 0.5) is 0 Å². The zero-order valence-corrected chi connectivity index (χ0v) is 12.8. The molecule has 0 aliphatic heterocycles. The van der Waals surface area contributed by atoms with Crippen molar-refractivity contribution in [2.75, 3.05) is 6.61 Å². The van der Waals surface area contributed by atoms with Crippen LogP contribution in [0, 0.1) is 0 Å². The van der Waals surface area contributed by atoms with E-state index in [4.69, 9.17) is 4.74 Å². The van der Waals surface area contributed by atoms with Gasteiger partial charge < -0.3 is 9.84 Å². The van der Waals surface area contributed by atoms with Crippen molar-refractivity contribution < 1.29 is 9.84 Å². The normalized spacial score (nSPS) is 13.7. The van der Waals surface area contributed by atoms with Crippen LogP contribution in [0.3, 0.4) is 0 Å². The second-order valence-corrected chi connectivity index (χ2v) is 5.48. The molecule has 0 bridgehead atoms. The van der Waals surface area contributed by atoms with E-state index in [1.165, 1.54) is 5.56 Å². The van der Waals surface area contributed by atoms with Crippen molar-refractivity contribution in [2.24, 2.45) is 0 Å². The largest absolute Gasteiger partial charge is 0.494 e. The minimum atomic E-state index is -0.444. The van der Waals surface area contributed by atoms with Gasteiger partial charge in [0.15, 0.2) is 0 Å². The molecule has 112 valence electrons. The van der Waals surface area contributed by atoms with Crippen LogP contribution in [0.5, 0.6) is 5.75 Å². The Hall–Kier alpha value is -1.80. The van der Waals surface area contributed by atoms with Crippen LogP contribution in [0.1, 0.15) is 49.8 Å². The smallest absolute Gasteiger partial charge is 0.119 e. The molecule has 2 rings (SSSR count). The van der Waals surface area contributed by atoms with Gasteiger partial charge in [0.1, 0.15) is 5.75 Å². The average Bonchev–Trinajstić information content (AvgIpc) is 2.54. The number of aliphatic hydroxyl groups is 1. The van der Waals surface area contributed by atoms with Crippen molar-refractivity contribution in [1.29, 1.82) is 0 Å². The summed E-state index contributed by atoms with van der Waals surface area (Å²) in [4.78, 5) is 0. The molecule has 0 saturated carbocycles. The van der Waals surface area contributed by atoms with Gasteiger partial charge in [0.05, 0.1) is 12.7 Å². The maximum absolute atomic E-state index is 10.4. The van der Waals surface area contributed by atoms with E-state index >= 15 is 0 Å². The summed E-state index contributed by atoms with van der Waals surface area (Å²) in [6, 6.07) is 18.1. The zero-order chi connectivity index (χ0) is 15.1. The molecule has 0 aromatic heterocycles. The van der Waals surface area contributed by atoms with Crippen LogP contribution in [0.15, 0.2) is 54.6 Å². The van der Waals surface area contributed by atoms with Crippen molar-refractivity contribution in [3.05, 3.63) is 65.7 Å². The molecule has 0 fully saturated rings. The topological polar surface area (TPSA) is 29.5 Å². The van der Waals surface area contributed by atoms with Crippen molar-refractivity contribution in [3.63, 3.8) is 0 Å². The maximum Gasteiger partial charge on any atom is 0.119 e. The summed E-state index contributed by atoms with van der Waals surface area (Å²) in [5, 5.41) is 10.4. The Labute approximate surface area is 127 Å². The fourth-order valence-corrected chi connectivity index (χ4v) is 2.39. The predicted molar refractivity (Wildman–Crippen MR) is 86.7 cm³/mol. The van der Waals surface area contributed by atoms with E-state index in [2.05, 4.69) is 26.0 Å². The van der Waals surface area contributed by atoms with Crippen molar-refractivity contribution in [2.45, 2.75) is 38.7 Å². The Balaban J connectivity index is 1.95. The first kappa shape index (κ1) is 15.6. The van der Waals surface area contributed by atoms with Crippen LogP contribution in [0.2, 0.25) is 0 Å². The first-order valence-corrected chi connectivity index (χ1v) is 7.66. The van der Waals surface area contributed by atoms with Gasteiger partial charge in [0.2, 0.25) is 0 Å². The number of ether oxygens (including phenoxy) is 1. The molecule has 21 heavy (non-hydrogen) atoms. The highest BCUT2D eigenvalue weighted by Gasteiger charge is 2.13. The molecular weight excluding hydrogens is 260 g/mol. The lowest BCUT2D eigenvalue weighted by molar-refractivity contribution is 0.159. The molecule has 0 saturated heterocycles. The predicted octanol–water partition coefficient (Wildman–Crippen LogP) is 4.70. The van der Waals surface area contributed by atoms with E-state index in [0.717, 1.165) is 30.8 Å². The SMILES string of the molecule is CCCOc1ccc(C(O)CC(C)c2ccccc2)cc1. The number of rotatable bonds is 7. The molecular formula is C19H24O2. The van der Waals surface area contributed by atoms with Crippen LogP contribution in [-0.4, -0.2) is 11.7 Å². The molecule has 0 amide bonds. The molecule has 2 aromatic carbocycles. The summed E-state index contributed by atoms with van der Waals surface area (Å²) in [5.41, 5.74) is 2.21. The van der Waals surface area contributed by atoms with E-state index in [1.807, 2.05) is 42.5 Å². The molecule has 2 atom stereocenters. The highest BCUT2D eigenvalue weighted by Crippen LogP contribution is 2.28. The lowest BCUT2D eigenvalue weighted by atomic mass is 9.92. The third kappa shape index (κ3) is 4.61. The number of hydrogen-bond acceptors (Lipinski definition) is 2. The van der Waals surface area contributed by atoms with Gasteiger partial charge in [-0.05, 0) is 42.0 Å². The number of aliphatic hydroxyl groups excluding tert-OH is 1. The van der Waals surface area contributed by atoms with Crippen molar-refractivity contribution in [3.8, 4) is 5.75 Å². The van der Waals surface area contributed by atoms with E-state index in [0.29, 0.717) is 5.92 Å². The maximum atomic E-state index is 10.4. The van der Waals surface area contributed by atoms with Crippen molar-refractivity contribution in [1.82, 2.24) is 0 Å². The van der Waals surface area contributed by atoms with Gasteiger partial charge in [-0.15, -0.1) is 0 Å².